The largest absolute Gasteiger partial charge is 0.447 e. The number of carbonyl (C=O) groups is 2. The summed E-state index contributed by atoms with van der Waals surface area (Å²) >= 11 is 0. The molecule has 1 saturated heterocycles. The number of aromatic nitrogens is 1. The van der Waals surface area contributed by atoms with Gasteiger partial charge in [0.1, 0.15) is 12.2 Å². The van der Waals surface area contributed by atoms with Gasteiger partial charge in [0.15, 0.2) is 5.82 Å². The van der Waals surface area contributed by atoms with Crippen LogP contribution in [-0.2, 0) is 9.47 Å². The van der Waals surface area contributed by atoms with E-state index < -0.39 is 17.8 Å². The summed E-state index contributed by atoms with van der Waals surface area (Å²) < 4.78 is 10.7. The lowest BCUT2D eigenvalue weighted by Gasteiger charge is -2.29. The molecule has 1 fully saturated rings. The van der Waals surface area contributed by atoms with Crippen LogP contribution < -0.4 is 4.90 Å². The first-order valence-corrected chi connectivity index (χ1v) is 8.52. The molecule has 9 nitrogen and oxygen atoms in total. The van der Waals surface area contributed by atoms with Crippen molar-refractivity contribution in [3.8, 4) is 0 Å². The van der Waals surface area contributed by atoms with Crippen molar-refractivity contribution in [2.24, 2.45) is 5.18 Å². The quantitative estimate of drug-likeness (QED) is 0.745. The first-order chi connectivity index (χ1) is 12.3. The van der Waals surface area contributed by atoms with Gasteiger partial charge in [-0.1, -0.05) is 0 Å². The maximum atomic E-state index is 12.3. The maximum Gasteiger partial charge on any atom is 0.414 e. The first kappa shape index (κ1) is 19.6. The van der Waals surface area contributed by atoms with Crippen LogP contribution in [0.5, 0.6) is 0 Å². The normalized spacial score (nSPS) is 16.7. The summed E-state index contributed by atoms with van der Waals surface area (Å²) in [6.07, 6.45) is 1.86. The number of hydrogen-bond donors (Lipinski definition) is 0. The average molecular weight is 364 g/mol. The van der Waals surface area contributed by atoms with Crippen molar-refractivity contribution in [3.63, 3.8) is 0 Å². The zero-order chi connectivity index (χ0) is 19.2. The highest BCUT2D eigenvalue weighted by molar-refractivity contribution is 5.87. The summed E-state index contributed by atoms with van der Waals surface area (Å²) in [6.45, 7) is 6.69. The molecule has 1 aromatic rings. The number of rotatable bonds is 2. The van der Waals surface area contributed by atoms with E-state index in [2.05, 4.69) is 10.2 Å². The molecule has 1 aliphatic heterocycles. The van der Waals surface area contributed by atoms with E-state index in [9.17, 15) is 14.5 Å². The Bertz CT molecular complexity index is 642. The van der Waals surface area contributed by atoms with E-state index in [0.29, 0.717) is 31.6 Å². The van der Waals surface area contributed by atoms with E-state index in [0.717, 1.165) is 0 Å². The smallest absolute Gasteiger partial charge is 0.414 e. The molecule has 1 aliphatic rings. The molecule has 0 N–H and O–H groups in total. The zero-order valence-electron chi connectivity index (χ0n) is 15.3. The molecule has 0 spiro atoms. The van der Waals surface area contributed by atoms with E-state index in [-0.39, 0.29) is 19.0 Å². The van der Waals surface area contributed by atoms with Gasteiger partial charge >= 0.3 is 12.2 Å². The highest BCUT2D eigenvalue weighted by Gasteiger charge is 2.24. The minimum absolute atomic E-state index is 0.0520. The number of hydrogen-bond acceptors (Lipinski definition) is 7. The minimum atomic E-state index is -0.574. The summed E-state index contributed by atoms with van der Waals surface area (Å²) in [5.74, 6) is 0.0520. The fourth-order valence-electron chi connectivity index (χ4n) is 2.43. The molecule has 26 heavy (non-hydrogen) atoms. The van der Waals surface area contributed by atoms with Crippen LogP contribution in [0, 0.1) is 4.91 Å². The minimum Gasteiger partial charge on any atom is -0.447 e. The lowest BCUT2D eigenvalue weighted by Crippen LogP contribution is -2.42. The Hall–Kier alpha value is -2.71. The third kappa shape index (κ3) is 5.68. The second kappa shape index (κ2) is 8.59. The Balaban J connectivity index is 2.00. The Morgan fingerprint density at radius 2 is 1.96 bits per heavy atom. The summed E-state index contributed by atoms with van der Waals surface area (Å²) in [6, 6.07) is 3.04. The topological polar surface area (TPSA) is 101 Å². The monoisotopic (exact) mass is 364 g/mol. The van der Waals surface area contributed by atoms with Crippen molar-refractivity contribution in [1.29, 1.82) is 0 Å². The molecule has 2 amide bonds. The molecule has 0 radical (unpaired) electrons. The lowest BCUT2D eigenvalue weighted by molar-refractivity contribution is 0.0202. The van der Waals surface area contributed by atoms with Gasteiger partial charge in [-0.05, 0) is 50.9 Å². The molecule has 0 bridgehead atoms. The standard InChI is InChI=1S/C17H24N4O5/c1-17(2,3)26-15(22)20-8-4-5-9-21(16(23)25-11-10-20)13-6-7-14(19-24)18-12-13/h6-7,12H,4-5,8-11H2,1-3H3. The molecule has 0 aromatic carbocycles. The summed E-state index contributed by atoms with van der Waals surface area (Å²) in [5.41, 5.74) is -0.0398. The number of ether oxygens (including phenoxy) is 2. The first-order valence-electron chi connectivity index (χ1n) is 8.52. The van der Waals surface area contributed by atoms with Gasteiger partial charge in [-0.25, -0.2) is 14.6 Å². The zero-order valence-corrected chi connectivity index (χ0v) is 15.3. The van der Waals surface area contributed by atoms with E-state index in [1.165, 1.54) is 17.2 Å². The molecule has 0 unspecified atom stereocenters. The molecule has 2 heterocycles. The van der Waals surface area contributed by atoms with Gasteiger partial charge in [0.25, 0.3) is 0 Å². The molecule has 1 aromatic heterocycles. The fraction of sp³-hybridized carbons (Fsp3) is 0.588. The SMILES string of the molecule is CC(C)(C)OC(=O)N1CCCCN(c2ccc(N=O)nc2)C(=O)OCC1. The Labute approximate surface area is 152 Å². The van der Waals surface area contributed by atoms with Gasteiger partial charge in [0.05, 0.1) is 18.4 Å². The predicted molar refractivity (Wildman–Crippen MR) is 95.4 cm³/mol. The van der Waals surface area contributed by atoms with Crippen LogP contribution in [0.1, 0.15) is 33.6 Å². The van der Waals surface area contributed by atoms with Crippen LogP contribution in [0.2, 0.25) is 0 Å². The fourth-order valence-corrected chi connectivity index (χ4v) is 2.43. The van der Waals surface area contributed by atoms with Gasteiger partial charge in [0.2, 0.25) is 0 Å². The Morgan fingerprint density at radius 1 is 1.23 bits per heavy atom. The van der Waals surface area contributed by atoms with Gasteiger partial charge in [0, 0.05) is 13.1 Å². The number of pyridine rings is 1. The van der Waals surface area contributed by atoms with Crippen molar-refractivity contribution in [1.82, 2.24) is 9.88 Å². The number of cyclic esters (lactones) is 1. The highest BCUT2D eigenvalue weighted by atomic mass is 16.6. The van der Waals surface area contributed by atoms with Crippen LogP contribution in [0.25, 0.3) is 0 Å². The van der Waals surface area contributed by atoms with Crippen LogP contribution in [0.3, 0.4) is 0 Å². The molecular weight excluding hydrogens is 340 g/mol. The predicted octanol–water partition coefficient (Wildman–Crippen LogP) is 3.45. The molecule has 0 aliphatic carbocycles. The van der Waals surface area contributed by atoms with E-state index in [4.69, 9.17) is 9.47 Å². The van der Waals surface area contributed by atoms with Crippen molar-refractivity contribution < 1.29 is 19.1 Å². The van der Waals surface area contributed by atoms with Gasteiger partial charge in [-0.15, -0.1) is 4.91 Å². The maximum absolute atomic E-state index is 12.3. The second-order valence-electron chi connectivity index (χ2n) is 6.91. The lowest BCUT2D eigenvalue weighted by atomic mass is 10.2. The number of anilines is 1. The summed E-state index contributed by atoms with van der Waals surface area (Å²) in [5, 5.41) is 2.74. The Morgan fingerprint density at radius 3 is 2.58 bits per heavy atom. The molecular formula is C17H24N4O5. The second-order valence-corrected chi connectivity index (χ2v) is 6.91. The highest BCUT2D eigenvalue weighted by Crippen LogP contribution is 2.19. The molecule has 0 saturated carbocycles. The van der Waals surface area contributed by atoms with Crippen molar-refractivity contribution in [2.45, 2.75) is 39.2 Å². The molecule has 9 heteroatoms. The number of amides is 2. The number of nitroso groups, excluding NO2 is 1. The van der Waals surface area contributed by atoms with Crippen molar-refractivity contribution in [2.75, 3.05) is 31.1 Å². The number of carbonyl (C=O) groups excluding carboxylic acids is 2. The molecule has 142 valence electrons. The van der Waals surface area contributed by atoms with Gasteiger partial charge in [-0.3, -0.25) is 4.90 Å². The molecule has 2 rings (SSSR count). The summed E-state index contributed by atoms with van der Waals surface area (Å²) in [4.78, 5) is 41.9. The van der Waals surface area contributed by atoms with Gasteiger partial charge < -0.3 is 14.4 Å². The van der Waals surface area contributed by atoms with Crippen molar-refractivity contribution in [3.05, 3.63) is 23.2 Å². The van der Waals surface area contributed by atoms with E-state index in [1.54, 1.807) is 11.0 Å². The van der Waals surface area contributed by atoms with Gasteiger partial charge in [-0.2, -0.15) is 0 Å². The number of nitrogens with zero attached hydrogens (tertiary/aromatic N) is 4. The van der Waals surface area contributed by atoms with Crippen LogP contribution in [-0.4, -0.2) is 53.9 Å². The summed E-state index contributed by atoms with van der Waals surface area (Å²) in [7, 11) is 0. The van der Waals surface area contributed by atoms with Crippen LogP contribution in [0.15, 0.2) is 23.5 Å². The van der Waals surface area contributed by atoms with E-state index >= 15 is 0 Å². The average Bonchev–Trinajstić information content (AvgIpc) is 2.58. The van der Waals surface area contributed by atoms with Crippen LogP contribution >= 0.6 is 0 Å². The third-order valence-electron chi connectivity index (χ3n) is 3.66. The van der Waals surface area contributed by atoms with Crippen LogP contribution in [0.4, 0.5) is 21.1 Å². The third-order valence-corrected chi connectivity index (χ3v) is 3.66. The van der Waals surface area contributed by atoms with E-state index in [1.807, 2.05) is 20.8 Å². The van der Waals surface area contributed by atoms with Crippen molar-refractivity contribution >= 4 is 23.7 Å². The Kier molecular flexibility index (Phi) is 6.48. The molecule has 0 atom stereocenters.